The van der Waals surface area contributed by atoms with Crippen LogP contribution in [-0.2, 0) is 4.79 Å². The Kier molecular flexibility index (Phi) is 4.14. The number of piperidine rings is 1. The summed E-state index contributed by atoms with van der Waals surface area (Å²) < 4.78 is 0. The average molecular weight is 268 g/mol. The van der Waals surface area contributed by atoms with Crippen molar-refractivity contribution in [3.8, 4) is 0 Å². The lowest BCUT2D eigenvalue weighted by atomic mass is 9.78. The van der Waals surface area contributed by atoms with Gasteiger partial charge in [-0.3, -0.25) is 4.79 Å². The maximum atomic E-state index is 12.7. The van der Waals surface area contributed by atoms with Gasteiger partial charge in [0.2, 0.25) is 5.91 Å². The Labute approximate surface area is 114 Å². The Balaban J connectivity index is 1.67. The van der Waals surface area contributed by atoms with Gasteiger partial charge in [0.25, 0.3) is 0 Å². The lowest BCUT2D eigenvalue weighted by molar-refractivity contribution is -0.139. The minimum absolute atomic E-state index is 0.0874. The van der Waals surface area contributed by atoms with Crippen LogP contribution < -0.4 is 5.32 Å². The molecule has 0 spiro atoms. The molecule has 3 nitrogen and oxygen atoms in total. The van der Waals surface area contributed by atoms with Crippen LogP contribution in [0.25, 0.3) is 0 Å². The molecular weight excluding hydrogens is 244 g/mol. The van der Waals surface area contributed by atoms with E-state index in [0.29, 0.717) is 11.9 Å². The summed E-state index contributed by atoms with van der Waals surface area (Å²) >= 11 is 1.91. The summed E-state index contributed by atoms with van der Waals surface area (Å²) in [6.45, 7) is 1.99. The van der Waals surface area contributed by atoms with Gasteiger partial charge in [0.15, 0.2) is 0 Å². The largest absolute Gasteiger partial charge is 0.338 e. The standard InChI is InChI=1S/C14H24N2OS/c17-14(12-10-18-9-7-15-12)16-8-3-5-11-4-1-2-6-13(11)16/h11-13,15H,1-10H2. The van der Waals surface area contributed by atoms with Crippen molar-refractivity contribution >= 4 is 17.7 Å². The predicted molar refractivity (Wildman–Crippen MR) is 75.8 cm³/mol. The highest BCUT2D eigenvalue weighted by Gasteiger charge is 2.38. The van der Waals surface area contributed by atoms with Gasteiger partial charge in [0.1, 0.15) is 0 Å². The van der Waals surface area contributed by atoms with Crippen LogP contribution in [0.2, 0.25) is 0 Å². The molecule has 18 heavy (non-hydrogen) atoms. The lowest BCUT2D eigenvalue weighted by Crippen LogP contribution is -2.57. The fraction of sp³-hybridized carbons (Fsp3) is 0.929. The van der Waals surface area contributed by atoms with Crippen LogP contribution in [-0.4, -0.2) is 47.5 Å². The number of hydrogen-bond donors (Lipinski definition) is 1. The molecule has 102 valence electrons. The summed E-state index contributed by atoms with van der Waals surface area (Å²) in [4.78, 5) is 14.9. The zero-order valence-electron chi connectivity index (χ0n) is 11.1. The van der Waals surface area contributed by atoms with E-state index in [0.717, 1.165) is 30.5 Å². The van der Waals surface area contributed by atoms with E-state index in [4.69, 9.17) is 0 Å². The van der Waals surface area contributed by atoms with Crippen LogP contribution in [0.15, 0.2) is 0 Å². The van der Waals surface area contributed by atoms with Gasteiger partial charge in [0.05, 0.1) is 6.04 Å². The first-order chi connectivity index (χ1) is 8.86. The molecule has 3 atom stereocenters. The molecule has 0 bridgehead atoms. The Morgan fingerprint density at radius 2 is 2.00 bits per heavy atom. The first-order valence-electron chi connectivity index (χ1n) is 7.48. The number of carbonyl (C=O) groups excluding carboxylic acids is 1. The van der Waals surface area contributed by atoms with Crippen molar-refractivity contribution in [1.29, 1.82) is 0 Å². The van der Waals surface area contributed by atoms with E-state index < -0.39 is 0 Å². The second-order valence-electron chi connectivity index (χ2n) is 5.87. The van der Waals surface area contributed by atoms with Gasteiger partial charge in [0, 0.05) is 30.6 Å². The van der Waals surface area contributed by atoms with Gasteiger partial charge in [-0.05, 0) is 31.6 Å². The Hall–Kier alpha value is -0.220. The van der Waals surface area contributed by atoms with Crippen molar-refractivity contribution in [3.05, 3.63) is 0 Å². The smallest absolute Gasteiger partial charge is 0.240 e. The Morgan fingerprint density at radius 3 is 2.83 bits per heavy atom. The second-order valence-corrected chi connectivity index (χ2v) is 7.02. The molecule has 1 amide bonds. The van der Waals surface area contributed by atoms with E-state index in [2.05, 4.69) is 10.2 Å². The van der Waals surface area contributed by atoms with E-state index >= 15 is 0 Å². The Morgan fingerprint density at radius 1 is 1.17 bits per heavy atom. The normalized spacial score (nSPS) is 37.1. The molecule has 0 aromatic carbocycles. The number of likely N-dealkylation sites (tertiary alicyclic amines) is 1. The minimum Gasteiger partial charge on any atom is -0.338 e. The molecule has 1 aliphatic carbocycles. The van der Waals surface area contributed by atoms with Crippen LogP contribution in [0.5, 0.6) is 0 Å². The summed E-state index contributed by atoms with van der Waals surface area (Å²) in [5, 5.41) is 3.40. The van der Waals surface area contributed by atoms with Crippen molar-refractivity contribution in [2.75, 3.05) is 24.6 Å². The zero-order chi connectivity index (χ0) is 12.4. The summed E-state index contributed by atoms with van der Waals surface area (Å²) in [5.74, 6) is 3.30. The minimum atomic E-state index is 0.0874. The maximum Gasteiger partial charge on any atom is 0.240 e. The van der Waals surface area contributed by atoms with Crippen LogP contribution in [0.4, 0.5) is 0 Å². The molecule has 0 aromatic rings. The van der Waals surface area contributed by atoms with E-state index in [-0.39, 0.29) is 6.04 Å². The molecule has 2 heterocycles. The first-order valence-corrected chi connectivity index (χ1v) is 8.63. The molecule has 2 aliphatic heterocycles. The van der Waals surface area contributed by atoms with Crippen LogP contribution in [0.1, 0.15) is 38.5 Å². The van der Waals surface area contributed by atoms with Gasteiger partial charge in [-0.15, -0.1) is 0 Å². The topological polar surface area (TPSA) is 32.3 Å². The van der Waals surface area contributed by atoms with Crippen molar-refractivity contribution in [2.24, 2.45) is 5.92 Å². The molecule has 4 heteroatoms. The molecule has 0 radical (unpaired) electrons. The van der Waals surface area contributed by atoms with Crippen LogP contribution in [0.3, 0.4) is 0 Å². The quantitative estimate of drug-likeness (QED) is 0.788. The molecule has 1 N–H and O–H groups in total. The number of fused-ring (bicyclic) bond motifs is 1. The predicted octanol–water partition coefficient (Wildman–Crippen LogP) is 1.87. The molecule has 3 fully saturated rings. The van der Waals surface area contributed by atoms with E-state index in [1.807, 2.05) is 11.8 Å². The highest BCUT2D eigenvalue weighted by atomic mass is 32.2. The molecule has 2 saturated heterocycles. The number of rotatable bonds is 1. The molecule has 1 saturated carbocycles. The zero-order valence-corrected chi connectivity index (χ0v) is 11.9. The molecule has 0 aromatic heterocycles. The van der Waals surface area contributed by atoms with Crippen molar-refractivity contribution in [2.45, 2.75) is 50.6 Å². The summed E-state index contributed by atoms with van der Waals surface area (Å²) in [7, 11) is 0. The summed E-state index contributed by atoms with van der Waals surface area (Å²) in [6.07, 6.45) is 7.85. The number of amides is 1. The number of carbonyl (C=O) groups is 1. The fourth-order valence-electron chi connectivity index (χ4n) is 3.82. The molecule has 3 aliphatic rings. The molecule has 3 unspecified atom stereocenters. The van der Waals surface area contributed by atoms with Gasteiger partial charge in [-0.1, -0.05) is 12.8 Å². The summed E-state index contributed by atoms with van der Waals surface area (Å²) in [6, 6.07) is 0.651. The van der Waals surface area contributed by atoms with Gasteiger partial charge in [-0.25, -0.2) is 0 Å². The number of hydrogen-bond acceptors (Lipinski definition) is 3. The van der Waals surface area contributed by atoms with Crippen molar-refractivity contribution < 1.29 is 4.79 Å². The first kappa shape index (κ1) is 12.8. The third-order valence-electron chi connectivity index (χ3n) is 4.75. The molecular formula is C14H24N2OS. The summed E-state index contributed by atoms with van der Waals surface area (Å²) in [5.41, 5.74) is 0. The van der Waals surface area contributed by atoms with Gasteiger partial charge >= 0.3 is 0 Å². The third kappa shape index (κ3) is 2.55. The van der Waals surface area contributed by atoms with Gasteiger partial charge < -0.3 is 10.2 Å². The number of thioether (sulfide) groups is 1. The van der Waals surface area contributed by atoms with Crippen LogP contribution >= 0.6 is 11.8 Å². The number of nitrogens with one attached hydrogen (secondary N) is 1. The maximum absolute atomic E-state index is 12.7. The highest BCUT2D eigenvalue weighted by molar-refractivity contribution is 7.99. The highest BCUT2D eigenvalue weighted by Crippen LogP contribution is 2.35. The lowest BCUT2D eigenvalue weighted by Gasteiger charge is -2.45. The van der Waals surface area contributed by atoms with E-state index in [1.165, 1.54) is 38.5 Å². The molecule has 3 rings (SSSR count). The van der Waals surface area contributed by atoms with Gasteiger partial charge in [-0.2, -0.15) is 11.8 Å². The average Bonchev–Trinajstić information content (AvgIpc) is 2.47. The van der Waals surface area contributed by atoms with Crippen molar-refractivity contribution in [1.82, 2.24) is 10.2 Å². The van der Waals surface area contributed by atoms with Crippen LogP contribution in [0, 0.1) is 5.92 Å². The fourth-order valence-corrected chi connectivity index (χ4v) is 4.75. The Bertz CT molecular complexity index is 302. The van der Waals surface area contributed by atoms with E-state index in [1.54, 1.807) is 0 Å². The monoisotopic (exact) mass is 268 g/mol. The number of nitrogens with zero attached hydrogens (tertiary/aromatic N) is 1. The third-order valence-corrected chi connectivity index (χ3v) is 5.81. The second kappa shape index (κ2) is 5.83. The van der Waals surface area contributed by atoms with Crippen molar-refractivity contribution in [3.63, 3.8) is 0 Å². The SMILES string of the molecule is O=C(C1CSCCN1)N1CCCC2CCCCC21. The van der Waals surface area contributed by atoms with E-state index in [9.17, 15) is 4.79 Å².